The number of amidine groups is 1. The fraction of sp³-hybridized carbons (Fsp3) is 0.400. The number of aromatic nitrogens is 2. The van der Waals surface area contributed by atoms with E-state index in [1.54, 1.807) is 0 Å². The second kappa shape index (κ2) is 4.87. The Hall–Kier alpha value is -1.72. The average Bonchev–Trinajstić information content (AvgIpc) is 2.73. The van der Waals surface area contributed by atoms with Crippen molar-refractivity contribution >= 4 is 16.0 Å². The molecule has 0 aliphatic rings. The van der Waals surface area contributed by atoms with Gasteiger partial charge in [0.2, 0.25) is 0 Å². The molecule has 0 amide bonds. The van der Waals surface area contributed by atoms with Crippen molar-refractivity contribution in [3.63, 3.8) is 0 Å². The van der Waals surface area contributed by atoms with Gasteiger partial charge in [-0.2, -0.15) is 13.1 Å². The molecule has 0 aliphatic heterocycles. The van der Waals surface area contributed by atoms with Crippen LogP contribution in [-0.4, -0.2) is 36.8 Å². The Labute approximate surface area is 90.6 Å². The van der Waals surface area contributed by atoms with E-state index in [0.29, 0.717) is 0 Å². The topological polar surface area (TPSA) is 156 Å². The van der Waals surface area contributed by atoms with Crippen LogP contribution in [0.2, 0.25) is 0 Å². The summed E-state index contributed by atoms with van der Waals surface area (Å²) in [7, 11) is -2.35. The van der Waals surface area contributed by atoms with Crippen LogP contribution < -0.4 is 15.2 Å². The first kappa shape index (κ1) is 12.4. The summed E-state index contributed by atoms with van der Waals surface area (Å²) in [5, 5.41) is 17.9. The summed E-state index contributed by atoms with van der Waals surface area (Å²) in [4.78, 5) is 0. The predicted octanol–water partition coefficient (Wildman–Crippen LogP) is -2.28. The first-order chi connectivity index (χ1) is 7.50. The van der Waals surface area contributed by atoms with E-state index in [1.807, 2.05) is 4.72 Å². The molecule has 1 aromatic heterocycles. The second-order valence-electron chi connectivity index (χ2n) is 2.57. The van der Waals surface area contributed by atoms with Gasteiger partial charge in [0.05, 0.1) is 6.54 Å². The molecule has 0 atom stereocenters. The first-order valence-corrected chi connectivity index (χ1v) is 5.46. The van der Waals surface area contributed by atoms with Crippen molar-refractivity contribution in [2.45, 2.75) is 6.54 Å². The van der Waals surface area contributed by atoms with Crippen LogP contribution in [0.4, 0.5) is 0 Å². The minimum atomic E-state index is -3.60. The summed E-state index contributed by atoms with van der Waals surface area (Å²) in [6, 6.07) is 0. The Morgan fingerprint density at radius 2 is 2.31 bits per heavy atom. The molecular formula is C5H10N6O4S. The minimum Gasteiger partial charge on any atom is -0.409 e. The van der Waals surface area contributed by atoms with Crippen LogP contribution in [-0.2, 0) is 16.8 Å². The summed E-state index contributed by atoms with van der Waals surface area (Å²) in [5.74, 6) is -0.320. The third-order valence-corrected chi connectivity index (χ3v) is 2.67. The Kier molecular flexibility index (Phi) is 3.76. The van der Waals surface area contributed by atoms with Crippen molar-refractivity contribution in [2.24, 2.45) is 10.9 Å². The average molecular weight is 250 g/mol. The van der Waals surface area contributed by atoms with Gasteiger partial charge in [0, 0.05) is 7.05 Å². The number of nitrogens with zero attached hydrogens (tertiary/aromatic N) is 3. The Morgan fingerprint density at radius 1 is 1.62 bits per heavy atom. The van der Waals surface area contributed by atoms with Gasteiger partial charge >= 0.3 is 0 Å². The van der Waals surface area contributed by atoms with E-state index in [4.69, 9.17) is 10.9 Å². The molecule has 1 heterocycles. The van der Waals surface area contributed by atoms with Gasteiger partial charge in [-0.3, -0.25) is 0 Å². The summed E-state index contributed by atoms with van der Waals surface area (Å²) in [6.07, 6.45) is 0. The third-order valence-electron chi connectivity index (χ3n) is 1.61. The summed E-state index contributed by atoms with van der Waals surface area (Å²) < 4.78 is 30.6. The van der Waals surface area contributed by atoms with E-state index in [2.05, 4.69) is 24.8 Å². The zero-order valence-electron chi connectivity index (χ0n) is 8.21. The van der Waals surface area contributed by atoms with E-state index in [9.17, 15) is 8.42 Å². The van der Waals surface area contributed by atoms with Gasteiger partial charge in [0.25, 0.3) is 10.2 Å². The highest BCUT2D eigenvalue weighted by molar-refractivity contribution is 7.87. The maximum Gasteiger partial charge on any atom is 0.277 e. The van der Waals surface area contributed by atoms with Crippen LogP contribution in [0.5, 0.6) is 0 Å². The number of hydrogen-bond acceptors (Lipinski definition) is 7. The van der Waals surface area contributed by atoms with Crippen molar-refractivity contribution in [1.29, 1.82) is 0 Å². The van der Waals surface area contributed by atoms with Gasteiger partial charge in [0.1, 0.15) is 5.69 Å². The van der Waals surface area contributed by atoms with E-state index >= 15 is 0 Å². The van der Waals surface area contributed by atoms with Gasteiger partial charge < -0.3 is 10.9 Å². The van der Waals surface area contributed by atoms with E-state index < -0.39 is 10.2 Å². The number of oxime groups is 1. The van der Waals surface area contributed by atoms with E-state index in [1.165, 1.54) is 7.05 Å². The van der Waals surface area contributed by atoms with Crippen molar-refractivity contribution < 1.29 is 18.3 Å². The molecular weight excluding hydrogens is 240 g/mol. The van der Waals surface area contributed by atoms with Crippen molar-refractivity contribution in [3.8, 4) is 0 Å². The monoisotopic (exact) mass is 250 g/mol. The van der Waals surface area contributed by atoms with Crippen LogP contribution in [0, 0.1) is 0 Å². The second-order valence-corrected chi connectivity index (χ2v) is 4.28. The summed E-state index contributed by atoms with van der Waals surface area (Å²) in [6.45, 7) is -0.196. The lowest BCUT2D eigenvalue weighted by molar-refractivity contribution is 0.300. The molecule has 0 saturated heterocycles. The number of nitrogens with two attached hydrogens (primary N) is 1. The zero-order chi connectivity index (χ0) is 12.2. The highest BCUT2D eigenvalue weighted by atomic mass is 32.2. The number of nitrogens with one attached hydrogen (secondary N) is 2. The van der Waals surface area contributed by atoms with Gasteiger partial charge in [-0.1, -0.05) is 10.3 Å². The van der Waals surface area contributed by atoms with Crippen LogP contribution >= 0.6 is 0 Å². The SMILES string of the molecule is CNS(=O)(=O)NCc1nonc1/C(N)=N/O. The van der Waals surface area contributed by atoms with Gasteiger partial charge in [-0.25, -0.2) is 9.35 Å². The van der Waals surface area contributed by atoms with Crippen LogP contribution in [0.3, 0.4) is 0 Å². The molecule has 0 radical (unpaired) electrons. The van der Waals surface area contributed by atoms with Crippen LogP contribution in [0.1, 0.15) is 11.4 Å². The van der Waals surface area contributed by atoms with Gasteiger partial charge in [-0.05, 0) is 5.16 Å². The van der Waals surface area contributed by atoms with E-state index in [-0.39, 0.29) is 23.8 Å². The lowest BCUT2D eigenvalue weighted by atomic mass is 10.3. The highest BCUT2D eigenvalue weighted by Gasteiger charge is 2.16. The van der Waals surface area contributed by atoms with Gasteiger partial charge in [-0.15, -0.1) is 0 Å². The fourth-order valence-electron chi connectivity index (χ4n) is 0.800. The molecule has 0 aliphatic carbocycles. The molecule has 0 bridgehead atoms. The maximum atomic E-state index is 11.0. The smallest absolute Gasteiger partial charge is 0.277 e. The molecule has 11 heteroatoms. The quantitative estimate of drug-likeness (QED) is 0.198. The lowest BCUT2D eigenvalue weighted by Gasteiger charge is -2.02. The minimum absolute atomic E-state index is 0.0266. The van der Waals surface area contributed by atoms with Crippen LogP contribution in [0.25, 0.3) is 0 Å². The highest BCUT2D eigenvalue weighted by Crippen LogP contribution is 2.02. The number of hydrogen-bond donors (Lipinski definition) is 4. The standard InChI is InChI=1S/C5H10N6O4S/c1-7-16(13,14)8-2-3-4(5(6)9-12)11-15-10-3/h7-8,12H,2H2,1H3,(H2,6,9). The summed E-state index contributed by atoms with van der Waals surface area (Å²) in [5.41, 5.74) is 5.34. The molecule has 0 saturated carbocycles. The molecule has 1 rings (SSSR count). The maximum absolute atomic E-state index is 11.0. The molecule has 0 unspecified atom stereocenters. The summed E-state index contributed by atoms with van der Waals surface area (Å²) >= 11 is 0. The van der Waals surface area contributed by atoms with Crippen molar-refractivity contribution in [3.05, 3.63) is 11.4 Å². The van der Waals surface area contributed by atoms with Gasteiger partial charge in [0.15, 0.2) is 11.5 Å². The Morgan fingerprint density at radius 3 is 2.88 bits per heavy atom. The molecule has 10 nitrogen and oxygen atoms in total. The Bertz CT molecular complexity index is 479. The number of rotatable bonds is 5. The van der Waals surface area contributed by atoms with Crippen molar-refractivity contribution in [2.75, 3.05) is 7.05 Å². The molecule has 1 aromatic rings. The van der Waals surface area contributed by atoms with E-state index in [0.717, 1.165) is 0 Å². The Balaban J connectivity index is 2.80. The molecule has 5 N–H and O–H groups in total. The molecule has 16 heavy (non-hydrogen) atoms. The lowest BCUT2D eigenvalue weighted by Crippen LogP contribution is -2.34. The van der Waals surface area contributed by atoms with Crippen LogP contribution in [0.15, 0.2) is 9.78 Å². The fourth-order valence-corrected chi connectivity index (χ4v) is 1.27. The largest absolute Gasteiger partial charge is 0.409 e. The molecule has 90 valence electrons. The third kappa shape index (κ3) is 2.88. The van der Waals surface area contributed by atoms with Crippen molar-refractivity contribution in [1.82, 2.24) is 19.8 Å². The first-order valence-electron chi connectivity index (χ1n) is 3.97. The molecule has 0 fully saturated rings. The molecule has 0 aromatic carbocycles. The zero-order valence-corrected chi connectivity index (χ0v) is 9.02. The normalized spacial score (nSPS) is 12.9. The molecule has 0 spiro atoms. The predicted molar refractivity (Wildman–Crippen MR) is 51.6 cm³/mol.